The predicted octanol–water partition coefficient (Wildman–Crippen LogP) is 7.16. The van der Waals surface area contributed by atoms with E-state index in [0.717, 1.165) is 32.7 Å². The highest BCUT2D eigenvalue weighted by molar-refractivity contribution is 7.53. The third-order valence-corrected chi connectivity index (χ3v) is 10.3. The minimum absolute atomic E-state index is 0.170. The molecule has 35 heavy (non-hydrogen) atoms. The van der Waals surface area contributed by atoms with E-state index < -0.39 is 20.6 Å². The van der Waals surface area contributed by atoms with Crippen LogP contribution in [0.2, 0.25) is 0 Å². The Kier molecular flexibility index (Phi) is 5.93. The number of benzene rings is 4. The first-order valence-electron chi connectivity index (χ1n) is 11.6. The average Bonchev–Trinajstić information content (AvgIpc) is 2.89. The summed E-state index contributed by atoms with van der Waals surface area (Å²) in [6, 6.07) is 27.8. The zero-order valence-corrected chi connectivity index (χ0v) is 21.0. The molecule has 0 aromatic heterocycles. The summed E-state index contributed by atoms with van der Waals surface area (Å²) >= 11 is 0. The van der Waals surface area contributed by atoms with Crippen LogP contribution < -0.4 is 0 Å². The van der Waals surface area contributed by atoms with Crippen LogP contribution in [0.3, 0.4) is 0 Å². The molecule has 2 heterocycles. The maximum atomic E-state index is 13.4. The summed E-state index contributed by atoms with van der Waals surface area (Å²) in [6.45, 7) is 0.680. The fourth-order valence-electron chi connectivity index (χ4n) is 4.73. The fraction of sp³-hybridized carbons (Fsp3) is 0.259. The van der Waals surface area contributed by atoms with Gasteiger partial charge in [0, 0.05) is 0 Å². The van der Waals surface area contributed by atoms with Crippen molar-refractivity contribution < 1.29 is 27.2 Å². The summed E-state index contributed by atoms with van der Waals surface area (Å²) in [4.78, 5) is 0. The topological polar surface area (TPSA) is 71.1 Å². The lowest BCUT2D eigenvalue weighted by atomic mass is 9.93. The Bertz CT molecular complexity index is 1350. The van der Waals surface area contributed by atoms with Crippen molar-refractivity contribution in [3.63, 3.8) is 0 Å². The Labute approximate surface area is 204 Å². The molecule has 8 heteroatoms. The lowest BCUT2D eigenvalue weighted by Gasteiger charge is -2.43. The molecule has 180 valence electrons. The smallest absolute Gasteiger partial charge is 0.307 e. The molecule has 0 saturated carbocycles. The first kappa shape index (κ1) is 23.1. The second-order valence-corrected chi connectivity index (χ2v) is 13.5. The van der Waals surface area contributed by atoms with Crippen LogP contribution in [0.4, 0.5) is 0 Å². The number of fused-ring (bicyclic) bond motifs is 2. The zero-order valence-electron chi connectivity index (χ0n) is 19.2. The quantitative estimate of drug-likeness (QED) is 0.273. The summed E-state index contributed by atoms with van der Waals surface area (Å²) in [5.41, 5.74) is 1.23. The van der Waals surface area contributed by atoms with E-state index in [-0.39, 0.29) is 38.8 Å². The van der Waals surface area contributed by atoms with Gasteiger partial charge in [-0.05, 0) is 32.7 Å². The first-order valence-corrected chi connectivity index (χ1v) is 15.1. The van der Waals surface area contributed by atoms with Gasteiger partial charge >= 0.3 is 15.2 Å². The van der Waals surface area contributed by atoms with Gasteiger partial charge < -0.3 is 18.1 Å². The van der Waals surface area contributed by atoms with E-state index in [1.54, 1.807) is 0 Å². The van der Waals surface area contributed by atoms with Crippen LogP contribution in [0.25, 0.3) is 21.5 Å². The van der Waals surface area contributed by atoms with Crippen molar-refractivity contribution in [3.8, 4) is 0 Å². The minimum Gasteiger partial charge on any atom is -0.307 e. The summed E-state index contributed by atoms with van der Waals surface area (Å²) in [6.07, 6.45) is 0.400. The maximum absolute atomic E-state index is 13.4. The van der Waals surface area contributed by atoms with Gasteiger partial charge in [0.1, 0.15) is 0 Å². The van der Waals surface area contributed by atoms with Crippen molar-refractivity contribution in [2.24, 2.45) is 5.41 Å². The molecule has 0 aliphatic carbocycles. The van der Waals surface area contributed by atoms with Crippen LogP contribution in [0.1, 0.15) is 11.1 Å². The van der Waals surface area contributed by atoms with E-state index in [4.69, 9.17) is 18.1 Å². The monoisotopic (exact) mass is 508 g/mol. The standard InChI is InChI=1S/C27H26O6P2/c28-34(15-23-11-5-9-21-7-1-3-13-25(21)23)30-17-27(18-31-34)19-32-35(29,33-20-27)16-24-12-6-10-22-8-2-4-14-26(22)24/h1-14H,15-20H2. The first-order chi connectivity index (χ1) is 17.0. The van der Waals surface area contributed by atoms with Gasteiger partial charge in [-0.3, -0.25) is 9.13 Å². The molecule has 2 fully saturated rings. The van der Waals surface area contributed by atoms with Crippen molar-refractivity contribution in [3.05, 3.63) is 96.1 Å². The van der Waals surface area contributed by atoms with Crippen molar-refractivity contribution in [2.45, 2.75) is 12.3 Å². The summed E-state index contributed by atoms with van der Waals surface area (Å²) in [5.74, 6) is 0. The molecule has 6 nitrogen and oxygen atoms in total. The van der Waals surface area contributed by atoms with E-state index in [2.05, 4.69) is 0 Å². The Morgan fingerprint density at radius 2 is 0.914 bits per heavy atom. The SMILES string of the molecule is O=P1(Cc2cccc3ccccc23)OCC2(CO1)COP(=O)(Cc1cccc3ccccc13)OC2. The molecule has 0 radical (unpaired) electrons. The summed E-state index contributed by atoms with van der Waals surface area (Å²) < 4.78 is 50.1. The molecule has 2 saturated heterocycles. The van der Waals surface area contributed by atoms with Crippen molar-refractivity contribution in [1.82, 2.24) is 0 Å². The Morgan fingerprint density at radius 1 is 0.543 bits per heavy atom. The average molecular weight is 508 g/mol. The number of hydrogen-bond acceptors (Lipinski definition) is 6. The summed E-state index contributed by atoms with van der Waals surface area (Å²) in [5, 5.41) is 4.25. The molecule has 0 amide bonds. The maximum Gasteiger partial charge on any atom is 0.335 e. The zero-order chi connectivity index (χ0) is 23.9. The van der Waals surface area contributed by atoms with Gasteiger partial charge in [0.05, 0.1) is 44.2 Å². The Hall–Kier alpha value is -2.30. The van der Waals surface area contributed by atoms with E-state index >= 15 is 0 Å². The predicted molar refractivity (Wildman–Crippen MR) is 137 cm³/mol. The van der Waals surface area contributed by atoms with Gasteiger partial charge in [0.25, 0.3) is 0 Å². The molecule has 2 aliphatic rings. The molecule has 2 aliphatic heterocycles. The van der Waals surface area contributed by atoms with E-state index in [9.17, 15) is 9.13 Å². The normalized spacial score (nSPS) is 29.0. The second kappa shape index (κ2) is 8.97. The van der Waals surface area contributed by atoms with Crippen LogP contribution in [-0.4, -0.2) is 26.4 Å². The lowest BCUT2D eigenvalue weighted by molar-refractivity contribution is -0.0689. The van der Waals surface area contributed by atoms with Crippen LogP contribution in [0.15, 0.2) is 84.9 Å². The van der Waals surface area contributed by atoms with Gasteiger partial charge in [0.15, 0.2) is 0 Å². The number of rotatable bonds is 4. The Morgan fingerprint density at radius 3 is 1.34 bits per heavy atom. The van der Waals surface area contributed by atoms with Gasteiger partial charge in [0.2, 0.25) is 0 Å². The van der Waals surface area contributed by atoms with Crippen molar-refractivity contribution in [1.29, 1.82) is 0 Å². The van der Waals surface area contributed by atoms with Gasteiger partial charge in [-0.2, -0.15) is 0 Å². The molecule has 1 spiro atoms. The third-order valence-electron chi connectivity index (χ3n) is 6.76. The van der Waals surface area contributed by atoms with Gasteiger partial charge in [-0.25, -0.2) is 0 Å². The molecule has 4 aromatic rings. The van der Waals surface area contributed by atoms with E-state index in [0.29, 0.717) is 0 Å². The van der Waals surface area contributed by atoms with Crippen LogP contribution in [0.5, 0.6) is 0 Å². The molecule has 0 bridgehead atoms. The van der Waals surface area contributed by atoms with E-state index in [1.807, 2.05) is 84.9 Å². The fourth-order valence-corrected chi connectivity index (χ4v) is 8.51. The largest absolute Gasteiger partial charge is 0.335 e. The highest BCUT2D eigenvalue weighted by Gasteiger charge is 2.48. The van der Waals surface area contributed by atoms with E-state index in [1.165, 1.54) is 0 Å². The molecule has 6 rings (SSSR count). The highest BCUT2D eigenvalue weighted by atomic mass is 31.2. The number of hydrogen-bond donors (Lipinski definition) is 0. The van der Waals surface area contributed by atoms with Crippen molar-refractivity contribution >= 4 is 36.7 Å². The Balaban J connectivity index is 1.12. The lowest BCUT2D eigenvalue weighted by Crippen LogP contribution is -2.45. The molecule has 4 aromatic carbocycles. The summed E-state index contributed by atoms with van der Waals surface area (Å²) in [7, 11) is -6.65. The van der Waals surface area contributed by atoms with Crippen LogP contribution in [-0.2, 0) is 39.5 Å². The van der Waals surface area contributed by atoms with Gasteiger partial charge in [-0.15, -0.1) is 0 Å². The minimum atomic E-state index is -3.33. The van der Waals surface area contributed by atoms with Crippen LogP contribution >= 0.6 is 15.2 Å². The molecule has 0 unspecified atom stereocenters. The van der Waals surface area contributed by atoms with Crippen molar-refractivity contribution in [2.75, 3.05) is 26.4 Å². The third kappa shape index (κ3) is 4.63. The molecule has 0 atom stereocenters. The molecule has 0 N–H and O–H groups in total. The van der Waals surface area contributed by atoms with Gasteiger partial charge in [-0.1, -0.05) is 84.9 Å². The molecular weight excluding hydrogens is 482 g/mol. The van der Waals surface area contributed by atoms with Crippen LogP contribution in [0, 0.1) is 5.41 Å². The highest BCUT2D eigenvalue weighted by Crippen LogP contribution is 2.61. The second-order valence-electron chi connectivity index (χ2n) is 9.41. The molecular formula is C27H26O6P2.